The number of fused-ring (bicyclic) bond motifs is 1. The molecule has 0 radical (unpaired) electrons. The lowest BCUT2D eigenvalue weighted by molar-refractivity contribution is -0.155. The number of likely N-dealkylation sites (N-methyl/N-ethyl adjacent to an activating group) is 7. The van der Waals surface area contributed by atoms with Crippen molar-refractivity contribution in [1.29, 1.82) is 0 Å². The summed E-state index contributed by atoms with van der Waals surface area (Å²) in [5.74, 6) is -7.69. The van der Waals surface area contributed by atoms with E-state index in [0.29, 0.717) is 57.2 Å². The Labute approximate surface area is 587 Å². The molecule has 12 amide bonds. The Morgan fingerprint density at radius 1 is 0.596 bits per heavy atom. The van der Waals surface area contributed by atoms with Crippen LogP contribution in [0.2, 0.25) is 5.02 Å². The van der Waals surface area contributed by atoms with E-state index in [1.165, 1.54) is 72.9 Å². The van der Waals surface area contributed by atoms with E-state index in [2.05, 4.69) is 16.0 Å². The summed E-state index contributed by atoms with van der Waals surface area (Å²) in [6.45, 7) is 4.85. The van der Waals surface area contributed by atoms with Crippen molar-refractivity contribution in [3.05, 3.63) is 34.3 Å². The fourth-order valence-electron chi connectivity index (χ4n) is 14.6. The molecular formula is C71H110ClF3N12O12. The molecule has 3 saturated heterocycles. The van der Waals surface area contributed by atoms with Gasteiger partial charge in [0, 0.05) is 81.9 Å². The van der Waals surface area contributed by atoms with Crippen LogP contribution >= 0.6 is 11.6 Å². The normalized spacial score (nSPS) is 26.2. The van der Waals surface area contributed by atoms with Crippen LogP contribution in [0, 0.1) is 17.8 Å². The maximum atomic E-state index is 15.3. The highest BCUT2D eigenvalue weighted by Gasteiger charge is 2.45. The summed E-state index contributed by atoms with van der Waals surface area (Å²) in [5.41, 5.74) is -0.727. The van der Waals surface area contributed by atoms with Crippen LogP contribution in [0.4, 0.5) is 13.2 Å². The molecule has 1 aromatic carbocycles. The average molecular weight is 1420 g/mol. The van der Waals surface area contributed by atoms with Gasteiger partial charge in [0.15, 0.2) is 0 Å². The summed E-state index contributed by atoms with van der Waals surface area (Å²) in [6, 6.07) is -4.89. The summed E-state index contributed by atoms with van der Waals surface area (Å²) in [6.07, 6.45) is 7.65. The van der Waals surface area contributed by atoms with E-state index in [9.17, 15) is 65.9 Å². The number of piperidine rings is 1. The maximum Gasteiger partial charge on any atom is 0.417 e. The number of hydrogen-bond donors (Lipinski definition) is 3. The number of likely N-dealkylation sites (tertiary alicyclic amines) is 1. The van der Waals surface area contributed by atoms with E-state index in [1.807, 2.05) is 13.8 Å². The number of nitrogens with zero attached hydrogens (tertiary/aromatic N) is 9. The molecule has 1 aromatic rings. The third-order valence-corrected chi connectivity index (χ3v) is 21.5. The molecule has 554 valence electrons. The Morgan fingerprint density at radius 2 is 1.21 bits per heavy atom. The first kappa shape index (κ1) is 80.9. The van der Waals surface area contributed by atoms with Crippen LogP contribution in [0.1, 0.15) is 186 Å². The number of rotatable bonds is 11. The average Bonchev–Trinajstić information content (AvgIpc) is 1.24. The van der Waals surface area contributed by atoms with E-state index in [4.69, 9.17) is 11.6 Å². The van der Waals surface area contributed by atoms with Gasteiger partial charge in [-0.05, 0) is 119 Å². The molecule has 0 unspecified atom stereocenters. The topological polar surface area (TPSA) is 270 Å². The fourth-order valence-corrected chi connectivity index (χ4v) is 15.0. The minimum Gasteiger partial charge on any atom is -0.354 e. The van der Waals surface area contributed by atoms with Gasteiger partial charge in [-0.2, -0.15) is 13.2 Å². The van der Waals surface area contributed by atoms with Gasteiger partial charge < -0.3 is 60.0 Å². The molecule has 2 saturated carbocycles. The second kappa shape index (κ2) is 38.1. The van der Waals surface area contributed by atoms with Crippen LogP contribution in [0.25, 0.3) is 0 Å². The largest absolute Gasteiger partial charge is 0.417 e. The van der Waals surface area contributed by atoms with Crippen LogP contribution in [-0.4, -0.2) is 252 Å². The minimum atomic E-state index is -4.74. The minimum absolute atomic E-state index is 0.0154. The molecule has 3 heterocycles. The Hall–Kier alpha value is -7.06. The zero-order valence-corrected chi connectivity index (χ0v) is 60.8. The van der Waals surface area contributed by atoms with Crippen LogP contribution in [0.5, 0.6) is 0 Å². The molecule has 5 aliphatic rings. The van der Waals surface area contributed by atoms with Gasteiger partial charge >= 0.3 is 6.18 Å². The number of benzene rings is 1. The smallest absolute Gasteiger partial charge is 0.354 e. The van der Waals surface area contributed by atoms with Gasteiger partial charge in [-0.1, -0.05) is 103 Å². The monoisotopic (exact) mass is 1410 g/mol. The molecule has 28 heteroatoms. The predicted octanol–water partition coefficient (Wildman–Crippen LogP) is 6.03. The quantitative estimate of drug-likeness (QED) is 0.229. The summed E-state index contributed by atoms with van der Waals surface area (Å²) >= 11 is 6.11. The molecule has 24 nitrogen and oxygen atoms in total. The van der Waals surface area contributed by atoms with Crippen molar-refractivity contribution in [3.8, 4) is 0 Å². The maximum absolute atomic E-state index is 15.3. The van der Waals surface area contributed by atoms with Gasteiger partial charge in [-0.15, -0.1) is 0 Å². The number of alkyl halides is 3. The van der Waals surface area contributed by atoms with E-state index in [-0.39, 0.29) is 75.8 Å². The lowest BCUT2D eigenvalue weighted by atomic mass is 9.82. The van der Waals surface area contributed by atoms with Crippen molar-refractivity contribution in [1.82, 2.24) is 60.0 Å². The highest BCUT2D eigenvalue weighted by Crippen LogP contribution is 2.36. The van der Waals surface area contributed by atoms with Crippen LogP contribution in [0.15, 0.2) is 18.2 Å². The molecular weight excluding hydrogens is 1310 g/mol. The number of halogens is 4. The van der Waals surface area contributed by atoms with Crippen molar-refractivity contribution >= 4 is 82.5 Å². The van der Waals surface area contributed by atoms with Crippen molar-refractivity contribution in [2.75, 3.05) is 95.1 Å². The van der Waals surface area contributed by atoms with Crippen molar-refractivity contribution < 1.29 is 70.7 Å². The molecule has 5 fully saturated rings. The molecule has 0 aromatic heterocycles. The zero-order valence-electron chi connectivity index (χ0n) is 60.1. The highest BCUT2D eigenvalue weighted by molar-refractivity contribution is 6.31. The second-order valence-electron chi connectivity index (χ2n) is 28.4. The first-order valence-corrected chi connectivity index (χ1v) is 36.4. The second-order valence-corrected chi connectivity index (χ2v) is 28.8. The SMILES string of the molecule is CCC[C@H]1C(=O)N[C@@H]([C@@H](C)CC)C(=O)N(C)CC(=O)N(C)CC(=O)N(C)[C@@H](CC2CCCCC2)C(=O)N(C)CC(=O)N[C@@H](CCc2ccc(C(F)(F)F)c(Cl)c2)C(=O)N2CCC[C@H]2C(=O)NCCCCC(=O)N(C)[C@@H](C2CCCCC2)C(=O)N(C)[C@H](C(=O)N2CCCCC2)CC(=O)N1C. The highest BCUT2D eigenvalue weighted by atomic mass is 35.5. The van der Waals surface area contributed by atoms with Crippen molar-refractivity contribution in [2.24, 2.45) is 17.8 Å². The Kier molecular flexibility index (Phi) is 31.1. The fraction of sp³-hybridized carbons (Fsp3) is 0.746. The molecule has 3 N–H and O–H groups in total. The number of amides is 12. The van der Waals surface area contributed by atoms with Gasteiger partial charge in [-0.3, -0.25) is 57.5 Å². The summed E-state index contributed by atoms with van der Waals surface area (Å²) < 4.78 is 41.3. The Bertz CT molecular complexity index is 3000. The van der Waals surface area contributed by atoms with E-state index >= 15 is 4.79 Å². The summed E-state index contributed by atoms with van der Waals surface area (Å²) in [4.78, 5) is 187. The van der Waals surface area contributed by atoms with Gasteiger partial charge in [-0.25, -0.2) is 0 Å². The molecule has 2 aliphatic carbocycles. The van der Waals surface area contributed by atoms with Crippen LogP contribution < -0.4 is 16.0 Å². The third kappa shape index (κ3) is 22.2. The summed E-state index contributed by atoms with van der Waals surface area (Å²) in [5, 5.41) is 7.98. The molecule has 0 bridgehead atoms. The van der Waals surface area contributed by atoms with Gasteiger partial charge in [0.05, 0.1) is 36.6 Å². The van der Waals surface area contributed by atoms with E-state index in [1.54, 1.807) is 18.9 Å². The number of carbonyl (C=O) groups is 12. The first-order valence-electron chi connectivity index (χ1n) is 36.0. The van der Waals surface area contributed by atoms with Gasteiger partial charge in [0.2, 0.25) is 70.9 Å². The van der Waals surface area contributed by atoms with E-state index in [0.717, 1.165) is 97.5 Å². The standard InChI is InChI=1S/C71H110ClF3N12O12/c1-11-25-53-65(94)78-62(46(3)12-2)69(98)81(6)44-60(91)79(4)45-61(92)83(8)55(41-47-26-16-13-17-27-47)67(96)80(5)43-57(88)77-52(35-33-48-32-34-50(51(72)40-48)71(73,74)75)66(95)87-39-24-30-54(87)64(93)76-36-21-20-31-58(89)85(10)63(49-28-18-14-19-29-49)70(99)84(9)56(42-59(90)82(53)7)68(97)86-37-22-15-23-38-86/h32,34,40,46-47,49,52-56,62-63H,11-31,33,35-39,41-45H2,1-10H3,(H,76,93)(H,77,88)(H,78,94)/t46-,52-,53-,54-,55-,56-,62-,63-/m0/s1. The lowest BCUT2D eigenvalue weighted by Gasteiger charge is -2.41. The van der Waals surface area contributed by atoms with Gasteiger partial charge in [0.25, 0.3) is 0 Å². The number of hydrogen-bond acceptors (Lipinski definition) is 12. The lowest BCUT2D eigenvalue weighted by Crippen LogP contribution is -2.59. The molecule has 99 heavy (non-hydrogen) atoms. The Balaban J connectivity index is 1.33. The molecule has 0 spiro atoms. The number of nitrogens with one attached hydrogen (secondary N) is 3. The molecule has 8 atom stereocenters. The van der Waals surface area contributed by atoms with E-state index < -0.39 is 156 Å². The first-order chi connectivity index (χ1) is 46.9. The number of carbonyl (C=O) groups excluding carboxylic acids is 12. The summed E-state index contributed by atoms with van der Waals surface area (Å²) in [7, 11) is 10.1. The molecule has 3 aliphatic heterocycles. The molecule has 6 rings (SSSR count). The predicted molar refractivity (Wildman–Crippen MR) is 367 cm³/mol. The Morgan fingerprint density at radius 3 is 1.84 bits per heavy atom. The van der Waals surface area contributed by atoms with Crippen molar-refractivity contribution in [3.63, 3.8) is 0 Å². The number of aryl methyl sites for hydroxylation is 1. The van der Waals surface area contributed by atoms with Crippen LogP contribution in [0.3, 0.4) is 0 Å². The third-order valence-electron chi connectivity index (χ3n) is 21.2. The van der Waals surface area contributed by atoms with Gasteiger partial charge in [0.1, 0.15) is 42.3 Å². The van der Waals surface area contributed by atoms with Crippen LogP contribution in [-0.2, 0) is 70.1 Å². The zero-order chi connectivity index (χ0) is 73.0. The van der Waals surface area contributed by atoms with Crippen molar-refractivity contribution in [2.45, 2.75) is 230 Å².